The SMILES string of the molecule is C#CC(=O)/C=C/CCCCCCCCCC/C=C/C(O)C#C. The fourth-order valence-corrected chi connectivity index (χ4v) is 2.10. The number of unbranched alkanes of at least 4 members (excludes halogenated alkanes) is 9. The van der Waals surface area contributed by atoms with Crippen LogP contribution in [0.25, 0.3) is 0 Å². The molecule has 0 aliphatic rings. The zero-order chi connectivity index (χ0) is 16.5. The van der Waals surface area contributed by atoms with Gasteiger partial charge in [-0.25, -0.2) is 0 Å². The van der Waals surface area contributed by atoms with Crippen molar-refractivity contribution in [3.8, 4) is 24.7 Å². The van der Waals surface area contributed by atoms with E-state index in [1.54, 1.807) is 6.08 Å². The Labute approximate surface area is 135 Å². The van der Waals surface area contributed by atoms with E-state index in [0.29, 0.717) is 0 Å². The maximum atomic E-state index is 10.8. The van der Waals surface area contributed by atoms with Crippen LogP contribution in [0.2, 0.25) is 0 Å². The Bertz CT molecular complexity index is 418. The highest BCUT2D eigenvalue weighted by molar-refractivity contribution is 6.03. The molecule has 0 fully saturated rings. The second-order valence-corrected chi connectivity index (χ2v) is 5.36. The summed E-state index contributed by atoms with van der Waals surface area (Å²) in [6, 6.07) is 0. The van der Waals surface area contributed by atoms with Crippen molar-refractivity contribution in [3.63, 3.8) is 0 Å². The summed E-state index contributed by atoms with van der Waals surface area (Å²) < 4.78 is 0. The second kappa shape index (κ2) is 15.6. The minimum Gasteiger partial charge on any atom is -0.377 e. The monoisotopic (exact) mass is 300 g/mol. The molecule has 1 unspecified atom stereocenters. The molecule has 22 heavy (non-hydrogen) atoms. The number of ketones is 1. The second-order valence-electron chi connectivity index (χ2n) is 5.36. The van der Waals surface area contributed by atoms with Gasteiger partial charge in [0.05, 0.1) is 0 Å². The van der Waals surface area contributed by atoms with Crippen molar-refractivity contribution >= 4 is 5.78 Å². The number of rotatable bonds is 13. The number of terminal acetylenes is 2. The van der Waals surface area contributed by atoms with Gasteiger partial charge in [-0.05, 0) is 43.8 Å². The third kappa shape index (κ3) is 14.6. The fourth-order valence-electron chi connectivity index (χ4n) is 2.10. The van der Waals surface area contributed by atoms with Gasteiger partial charge in [-0.15, -0.1) is 12.8 Å². The van der Waals surface area contributed by atoms with Crippen LogP contribution in [0.1, 0.15) is 64.2 Å². The summed E-state index contributed by atoms with van der Waals surface area (Å²) in [7, 11) is 0. The lowest BCUT2D eigenvalue weighted by Gasteiger charge is -2.01. The van der Waals surface area contributed by atoms with Crippen LogP contribution in [0.3, 0.4) is 0 Å². The molecule has 2 nitrogen and oxygen atoms in total. The van der Waals surface area contributed by atoms with Crippen LogP contribution in [0.15, 0.2) is 24.3 Å². The van der Waals surface area contributed by atoms with Gasteiger partial charge >= 0.3 is 0 Å². The molecule has 0 bridgehead atoms. The minimum atomic E-state index is -0.737. The van der Waals surface area contributed by atoms with E-state index in [-0.39, 0.29) is 5.78 Å². The molecule has 0 spiro atoms. The van der Waals surface area contributed by atoms with Crippen molar-refractivity contribution in [3.05, 3.63) is 24.3 Å². The molecular weight excluding hydrogens is 272 g/mol. The Hall–Kier alpha value is -1.77. The number of aliphatic hydroxyl groups is 1. The molecule has 0 aliphatic heterocycles. The Morgan fingerprint density at radius 3 is 1.91 bits per heavy atom. The first-order chi connectivity index (χ1) is 10.7. The van der Waals surface area contributed by atoms with Gasteiger partial charge in [-0.3, -0.25) is 4.79 Å². The van der Waals surface area contributed by atoms with Gasteiger partial charge in [0.15, 0.2) is 0 Å². The average molecular weight is 300 g/mol. The Morgan fingerprint density at radius 2 is 1.41 bits per heavy atom. The smallest absolute Gasteiger partial charge is 0.228 e. The molecule has 120 valence electrons. The number of carbonyl (C=O) groups excluding carboxylic acids is 1. The summed E-state index contributed by atoms with van der Waals surface area (Å²) in [4.78, 5) is 10.8. The van der Waals surface area contributed by atoms with Gasteiger partial charge in [-0.1, -0.05) is 56.6 Å². The van der Waals surface area contributed by atoms with E-state index < -0.39 is 6.10 Å². The highest BCUT2D eigenvalue weighted by Crippen LogP contribution is 2.11. The van der Waals surface area contributed by atoms with Gasteiger partial charge in [-0.2, -0.15) is 0 Å². The molecule has 0 radical (unpaired) electrons. The lowest BCUT2D eigenvalue weighted by molar-refractivity contribution is -0.109. The van der Waals surface area contributed by atoms with Crippen molar-refractivity contribution in [1.82, 2.24) is 0 Å². The van der Waals surface area contributed by atoms with Crippen LogP contribution in [-0.4, -0.2) is 17.0 Å². The third-order valence-electron chi connectivity index (χ3n) is 3.39. The lowest BCUT2D eigenvalue weighted by atomic mass is 10.1. The molecule has 0 heterocycles. The first kappa shape index (κ1) is 20.2. The van der Waals surface area contributed by atoms with E-state index in [4.69, 9.17) is 18.0 Å². The Balaban J connectivity index is 3.23. The lowest BCUT2D eigenvalue weighted by Crippen LogP contribution is -1.95. The van der Waals surface area contributed by atoms with Crippen molar-refractivity contribution < 1.29 is 9.90 Å². The van der Waals surface area contributed by atoms with Crippen LogP contribution in [0.4, 0.5) is 0 Å². The van der Waals surface area contributed by atoms with Gasteiger partial charge in [0.2, 0.25) is 5.78 Å². The van der Waals surface area contributed by atoms with Gasteiger partial charge in [0, 0.05) is 0 Å². The van der Waals surface area contributed by atoms with Gasteiger partial charge in [0.25, 0.3) is 0 Å². The third-order valence-corrected chi connectivity index (χ3v) is 3.39. The van der Waals surface area contributed by atoms with Crippen molar-refractivity contribution in [1.29, 1.82) is 0 Å². The molecule has 0 aromatic rings. The normalized spacial score (nSPS) is 12.3. The first-order valence-corrected chi connectivity index (χ1v) is 8.18. The fraction of sp³-hybridized carbons (Fsp3) is 0.550. The Morgan fingerprint density at radius 1 is 0.909 bits per heavy atom. The molecule has 1 atom stereocenters. The van der Waals surface area contributed by atoms with Crippen molar-refractivity contribution in [2.45, 2.75) is 70.3 Å². The van der Waals surface area contributed by atoms with E-state index in [2.05, 4.69) is 11.8 Å². The predicted molar refractivity (Wildman–Crippen MR) is 93.1 cm³/mol. The summed E-state index contributed by atoms with van der Waals surface area (Å²) in [5.41, 5.74) is 0. The molecule has 0 aliphatic carbocycles. The number of hydrogen-bond acceptors (Lipinski definition) is 2. The highest BCUT2D eigenvalue weighted by atomic mass is 16.3. The number of allylic oxidation sites excluding steroid dienone is 3. The molecule has 0 rings (SSSR count). The predicted octanol–water partition coefficient (Wildman–Crippen LogP) is 4.20. The molecule has 2 heteroatoms. The van der Waals surface area contributed by atoms with E-state index in [9.17, 15) is 4.79 Å². The van der Waals surface area contributed by atoms with Gasteiger partial charge < -0.3 is 5.11 Å². The van der Waals surface area contributed by atoms with Crippen LogP contribution >= 0.6 is 0 Å². The van der Waals surface area contributed by atoms with Crippen molar-refractivity contribution in [2.24, 2.45) is 0 Å². The summed E-state index contributed by atoms with van der Waals surface area (Å²) in [6.07, 6.45) is 28.0. The molecule has 0 aromatic carbocycles. The standard InChI is InChI=1S/C20H28O2/c1-3-19(21)17-15-13-11-9-7-5-6-8-10-12-14-16-18-20(22)4-2/h1-2,15-19,21H,5-14H2/b17-15+,18-16+. The van der Waals surface area contributed by atoms with E-state index >= 15 is 0 Å². The highest BCUT2D eigenvalue weighted by Gasteiger charge is 1.93. The molecule has 0 saturated heterocycles. The molecule has 0 amide bonds. The summed E-state index contributed by atoms with van der Waals surface area (Å²) in [5, 5.41) is 9.12. The van der Waals surface area contributed by atoms with Crippen LogP contribution < -0.4 is 0 Å². The summed E-state index contributed by atoms with van der Waals surface area (Å²) in [5.74, 6) is 4.08. The minimum absolute atomic E-state index is 0.247. The van der Waals surface area contributed by atoms with Crippen LogP contribution in [-0.2, 0) is 4.79 Å². The average Bonchev–Trinajstić information content (AvgIpc) is 2.54. The molecule has 0 aromatic heterocycles. The summed E-state index contributed by atoms with van der Waals surface area (Å²) in [6.45, 7) is 0. The Kier molecular flexibility index (Phi) is 14.4. The topological polar surface area (TPSA) is 37.3 Å². The largest absolute Gasteiger partial charge is 0.377 e. The quantitative estimate of drug-likeness (QED) is 0.182. The number of aliphatic hydroxyl groups excluding tert-OH is 1. The van der Waals surface area contributed by atoms with Crippen LogP contribution in [0.5, 0.6) is 0 Å². The molecular formula is C20H28O2. The summed E-state index contributed by atoms with van der Waals surface area (Å²) >= 11 is 0. The maximum Gasteiger partial charge on any atom is 0.228 e. The van der Waals surface area contributed by atoms with E-state index in [0.717, 1.165) is 25.7 Å². The van der Waals surface area contributed by atoms with Crippen molar-refractivity contribution in [2.75, 3.05) is 0 Å². The number of hydrogen-bond donors (Lipinski definition) is 1. The van der Waals surface area contributed by atoms with Gasteiger partial charge in [0.1, 0.15) is 6.10 Å². The zero-order valence-corrected chi connectivity index (χ0v) is 13.5. The van der Waals surface area contributed by atoms with Crippen LogP contribution in [0, 0.1) is 24.7 Å². The van der Waals surface area contributed by atoms with E-state index in [1.807, 2.05) is 12.2 Å². The zero-order valence-electron chi connectivity index (χ0n) is 13.5. The molecule has 0 saturated carbocycles. The first-order valence-electron chi connectivity index (χ1n) is 8.18. The number of carbonyl (C=O) groups is 1. The molecule has 1 N–H and O–H groups in total. The van der Waals surface area contributed by atoms with E-state index in [1.165, 1.54) is 44.6 Å². The maximum absolute atomic E-state index is 10.8.